The molecular formula is C21H22N6O. The summed E-state index contributed by atoms with van der Waals surface area (Å²) in [6.07, 6.45) is 9.24. The van der Waals surface area contributed by atoms with Crippen LogP contribution < -0.4 is 5.32 Å². The van der Waals surface area contributed by atoms with Gasteiger partial charge in [-0.15, -0.1) is 10.2 Å². The summed E-state index contributed by atoms with van der Waals surface area (Å²) < 4.78 is 1.82. The first-order chi connectivity index (χ1) is 13.7. The van der Waals surface area contributed by atoms with Crippen LogP contribution in [0, 0.1) is 17.8 Å². The highest BCUT2D eigenvalue weighted by molar-refractivity contribution is 5.67. The number of rotatable bonds is 4. The van der Waals surface area contributed by atoms with Gasteiger partial charge in [0.15, 0.2) is 5.82 Å². The summed E-state index contributed by atoms with van der Waals surface area (Å²) in [7, 11) is 0. The normalized spacial score (nSPS) is 23.6. The summed E-state index contributed by atoms with van der Waals surface area (Å²) in [5.74, 6) is 2.48. The largest absolute Gasteiger partial charge is 0.507 e. The summed E-state index contributed by atoms with van der Waals surface area (Å²) in [6.45, 7) is 6.51. The fraction of sp³-hybridized carbons (Fsp3) is 0.333. The monoisotopic (exact) mass is 374 g/mol. The number of aromatic nitrogens is 5. The van der Waals surface area contributed by atoms with Crippen molar-refractivity contribution < 1.29 is 5.11 Å². The molecule has 1 saturated heterocycles. The fourth-order valence-electron chi connectivity index (χ4n) is 4.49. The number of phenols is 1. The summed E-state index contributed by atoms with van der Waals surface area (Å²) >= 11 is 0. The molecule has 0 amide bonds. The molecule has 5 rings (SSSR count). The van der Waals surface area contributed by atoms with Gasteiger partial charge in [-0.2, -0.15) is 0 Å². The van der Waals surface area contributed by atoms with Crippen molar-refractivity contribution in [1.82, 2.24) is 30.0 Å². The molecule has 2 atom stereocenters. The molecule has 1 aliphatic carbocycles. The van der Waals surface area contributed by atoms with Crippen LogP contribution in [0.3, 0.4) is 0 Å². The molecular weight excluding hydrogens is 352 g/mol. The van der Waals surface area contributed by atoms with Gasteiger partial charge in [0.25, 0.3) is 0 Å². The number of aromatic hydroxyl groups is 1. The second kappa shape index (κ2) is 6.83. The van der Waals surface area contributed by atoms with Crippen LogP contribution in [0.1, 0.15) is 18.5 Å². The van der Waals surface area contributed by atoms with Crippen LogP contribution in [0.25, 0.3) is 22.6 Å². The Morgan fingerprint density at radius 1 is 1.18 bits per heavy atom. The van der Waals surface area contributed by atoms with Gasteiger partial charge < -0.3 is 15.0 Å². The average Bonchev–Trinajstić information content (AvgIpc) is 3.45. The average molecular weight is 374 g/mol. The van der Waals surface area contributed by atoms with E-state index in [1.807, 2.05) is 16.8 Å². The predicted octanol–water partition coefficient (Wildman–Crippen LogP) is 2.69. The minimum Gasteiger partial charge on any atom is -0.507 e. The highest BCUT2D eigenvalue weighted by atomic mass is 16.3. The number of imidazole rings is 1. The molecule has 0 radical (unpaired) electrons. The Kier molecular flexibility index (Phi) is 4.16. The molecule has 3 aromatic rings. The standard InChI is InChI=1S/C21H22N6O/c1-13(14-6-15-9-23-10-16(15)7-14)19-11-24-21(26-25-19)18-3-2-17(8-20(18)28)27-5-4-22-12-27/h2-5,8,11-12,14-16,23,28H,1,6-7,9-10H2. The molecule has 2 fully saturated rings. The lowest BCUT2D eigenvalue weighted by molar-refractivity contribution is 0.476. The van der Waals surface area contributed by atoms with Gasteiger partial charge in [-0.25, -0.2) is 9.97 Å². The zero-order chi connectivity index (χ0) is 19.1. The summed E-state index contributed by atoms with van der Waals surface area (Å²) in [6, 6.07) is 5.35. The Bertz CT molecular complexity index is 986. The molecule has 0 spiro atoms. The summed E-state index contributed by atoms with van der Waals surface area (Å²) in [5.41, 5.74) is 3.14. The zero-order valence-electron chi connectivity index (χ0n) is 15.5. The predicted molar refractivity (Wildman–Crippen MR) is 106 cm³/mol. The van der Waals surface area contributed by atoms with Crippen LogP contribution in [0.5, 0.6) is 5.75 Å². The first-order valence-corrected chi connectivity index (χ1v) is 9.60. The number of hydrogen-bond acceptors (Lipinski definition) is 6. The highest BCUT2D eigenvalue weighted by Crippen LogP contribution is 2.43. The van der Waals surface area contributed by atoms with Gasteiger partial charge in [0.1, 0.15) is 11.4 Å². The van der Waals surface area contributed by atoms with E-state index in [0.717, 1.165) is 54.7 Å². The number of hydrogen-bond donors (Lipinski definition) is 2. The molecule has 1 aromatic carbocycles. The molecule has 2 N–H and O–H groups in total. The van der Waals surface area contributed by atoms with Gasteiger partial charge in [0, 0.05) is 18.5 Å². The Hall–Kier alpha value is -3.06. The van der Waals surface area contributed by atoms with Gasteiger partial charge in [-0.3, -0.25) is 0 Å². The second-order valence-corrected chi connectivity index (χ2v) is 7.71. The van der Waals surface area contributed by atoms with Crippen LogP contribution in [0.15, 0.2) is 49.7 Å². The maximum absolute atomic E-state index is 10.4. The van der Waals surface area contributed by atoms with E-state index in [9.17, 15) is 5.11 Å². The first kappa shape index (κ1) is 17.1. The van der Waals surface area contributed by atoms with E-state index in [-0.39, 0.29) is 5.75 Å². The molecule has 2 aliphatic rings. The smallest absolute Gasteiger partial charge is 0.185 e. The molecule has 1 aliphatic heterocycles. The van der Waals surface area contributed by atoms with Crippen molar-refractivity contribution in [1.29, 1.82) is 0 Å². The summed E-state index contributed by atoms with van der Waals surface area (Å²) in [4.78, 5) is 8.46. The van der Waals surface area contributed by atoms with Crippen molar-refractivity contribution in [2.75, 3.05) is 13.1 Å². The highest BCUT2D eigenvalue weighted by Gasteiger charge is 2.38. The van der Waals surface area contributed by atoms with Gasteiger partial charge in [0.05, 0.1) is 23.8 Å². The molecule has 3 heterocycles. The Balaban J connectivity index is 1.34. The van der Waals surface area contributed by atoms with Crippen molar-refractivity contribution >= 4 is 5.57 Å². The maximum atomic E-state index is 10.4. The van der Waals surface area contributed by atoms with E-state index in [1.54, 1.807) is 30.9 Å². The van der Waals surface area contributed by atoms with Crippen molar-refractivity contribution in [3.8, 4) is 22.8 Å². The lowest BCUT2D eigenvalue weighted by Gasteiger charge is -2.14. The lowest BCUT2D eigenvalue weighted by Crippen LogP contribution is -2.13. The third kappa shape index (κ3) is 2.97. The molecule has 1 saturated carbocycles. The van der Waals surface area contributed by atoms with E-state index >= 15 is 0 Å². The first-order valence-electron chi connectivity index (χ1n) is 9.60. The van der Waals surface area contributed by atoms with Crippen molar-refractivity contribution in [2.24, 2.45) is 17.8 Å². The molecule has 7 heteroatoms. The fourth-order valence-corrected chi connectivity index (χ4v) is 4.49. The van der Waals surface area contributed by atoms with E-state index in [0.29, 0.717) is 17.3 Å². The van der Waals surface area contributed by atoms with Crippen molar-refractivity contribution in [2.45, 2.75) is 12.8 Å². The number of nitrogens with zero attached hydrogens (tertiary/aromatic N) is 5. The zero-order valence-corrected chi connectivity index (χ0v) is 15.5. The van der Waals surface area contributed by atoms with E-state index in [2.05, 4.69) is 32.1 Å². The molecule has 28 heavy (non-hydrogen) atoms. The Morgan fingerprint density at radius 2 is 2.00 bits per heavy atom. The van der Waals surface area contributed by atoms with E-state index in [4.69, 9.17) is 0 Å². The third-order valence-corrected chi connectivity index (χ3v) is 6.06. The van der Waals surface area contributed by atoms with Crippen LogP contribution in [-0.4, -0.2) is 42.9 Å². The molecule has 2 unspecified atom stereocenters. The number of allylic oxidation sites excluding steroid dienone is 1. The number of nitrogens with one attached hydrogen (secondary N) is 1. The van der Waals surface area contributed by atoms with Gasteiger partial charge in [-0.1, -0.05) is 6.58 Å². The van der Waals surface area contributed by atoms with Crippen molar-refractivity contribution in [3.63, 3.8) is 0 Å². The number of phenolic OH excluding ortho intramolecular Hbond substituents is 1. The third-order valence-electron chi connectivity index (χ3n) is 6.06. The van der Waals surface area contributed by atoms with Gasteiger partial charge >= 0.3 is 0 Å². The Labute approximate surface area is 163 Å². The molecule has 0 bridgehead atoms. The van der Waals surface area contributed by atoms with E-state index in [1.165, 1.54) is 0 Å². The van der Waals surface area contributed by atoms with Crippen LogP contribution in [0.4, 0.5) is 0 Å². The number of benzene rings is 1. The minimum absolute atomic E-state index is 0.107. The van der Waals surface area contributed by atoms with Gasteiger partial charge in [0.2, 0.25) is 0 Å². The second-order valence-electron chi connectivity index (χ2n) is 7.71. The quantitative estimate of drug-likeness (QED) is 0.730. The maximum Gasteiger partial charge on any atom is 0.185 e. The minimum atomic E-state index is 0.107. The molecule has 7 nitrogen and oxygen atoms in total. The Morgan fingerprint density at radius 3 is 2.64 bits per heavy atom. The lowest BCUT2D eigenvalue weighted by atomic mass is 9.95. The molecule has 2 aromatic heterocycles. The van der Waals surface area contributed by atoms with Crippen LogP contribution >= 0.6 is 0 Å². The van der Waals surface area contributed by atoms with E-state index < -0.39 is 0 Å². The SMILES string of the molecule is C=C(c1cnc(-c2ccc(-n3ccnc3)cc2O)nn1)C1CC2CNCC2C1. The van der Waals surface area contributed by atoms with Crippen LogP contribution in [-0.2, 0) is 0 Å². The number of fused-ring (bicyclic) bond motifs is 1. The van der Waals surface area contributed by atoms with Crippen LogP contribution in [0.2, 0.25) is 0 Å². The summed E-state index contributed by atoms with van der Waals surface area (Å²) in [5, 5.41) is 22.5. The topological polar surface area (TPSA) is 88.8 Å². The van der Waals surface area contributed by atoms with Crippen molar-refractivity contribution in [3.05, 3.63) is 55.4 Å². The van der Waals surface area contributed by atoms with Gasteiger partial charge in [-0.05, 0) is 61.4 Å². The molecule has 142 valence electrons.